The minimum Gasteiger partial charge on any atom is -0.159 e. The van der Waals surface area contributed by atoms with Crippen LogP contribution in [-0.2, 0) is 6.42 Å². The number of rotatable bonds is 3. The van der Waals surface area contributed by atoms with Crippen LogP contribution in [0.1, 0.15) is 23.7 Å². The predicted molar refractivity (Wildman–Crippen MR) is 65.6 cm³/mol. The van der Waals surface area contributed by atoms with Crippen molar-refractivity contribution in [2.24, 2.45) is 0 Å². The zero-order valence-corrected chi connectivity index (χ0v) is 9.22. The van der Waals surface area contributed by atoms with Crippen LogP contribution in [0, 0.1) is 6.07 Å². The van der Waals surface area contributed by atoms with Crippen LogP contribution in [0.2, 0.25) is 0 Å². The largest absolute Gasteiger partial charge is 0.159 e. The lowest BCUT2D eigenvalue weighted by Gasteiger charge is -2.01. The molecule has 2 aromatic rings. The lowest BCUT2D eigenvalue weighted by molar-refractivity contribution is 1.02. The van der Waals surface area contributed by atoms with Gasteiger partial charge in [-0.1, -0.05) is 31.2 Å². The van der Waals surface area contributed by atoms with Crippen LogP contribution in [0.15, 0.2) is 36.5 Å². The van der Waals surface area contributed by atoms with Crippen LogP contribution in [0.3, 0.4) is 0 Å². The van der Waals surface area contributed by atoms with Gasteiger partial charge >= 0.3 is 0 Å². The van der Waals surface area contributed by atoms with Crippen molar-refractivity contribution in [3.63, 3.8) is 0 Å². The van der Waals surface area contributed by atoms with Crippen molar-refractivity contribution in [1.29, 1.82) is 0 Å². The van der Waals surface area contributed by atoms with E-state index in [4.69, 9.17) is 0 Å². The highest BCUT2D eigenvalue weighted by molar-refractivity contribution is 5.69. The fourth-order valence-electron chi connectivity index (χ4n) is 1.52. The molecule has 0 spiro atoms. The Morgan fingerprint density at radius 2 is 2.25 bits per heavy atom. The molecular formula is C14H13N2. The second-order valence-corrected chi connectivity index (χ2v) is 3.46. The van der Waals surface area contributed by atoms with Gasteiger partial charge in [-0.15, -0.1) is 0 Å². The molecule has 0 unspecified atom stereocenters. The molecule has 0 saturated heterocycles. The average Bonchev–Trinajstić information content (AvgIpc) is 2.38. The zero-order chi connectivity index (χ0) is 11.2. The molecule has 0 fully saturated rings. The molecule has 1 heterocycles. The van der Waals surface area contributed by atoms with Gasteiger partial charge in [0.2, 0.25) is 0 Å². The highest BCUT2D eigenvalue weighted by atomic mass is 15.1. The molecule has 0 N–H and O–H groups in total. The van der Waals surface area contributed by atoms with E-state index in [-0.39, 0.29) is 0 Å². The molecule has 0 bridgehead atoms. The third-order valence-electron chi connectivity index (χ3n) is 2.39. The van der Waals surface area contributed by atoms with Crippen LogP contribution in [0.4, 0.5) is 0 Å². The van der Waals surface area contributed by atoms with E-state index in [2.05, 4.69) is 35.3 Å². The molecular weight excluding hydrogens is 196 g/mol. The first-order valence-corrected chi connectivity index (χ1v) is 5.35. The van der Waals surface area contributed by atoms with E-state index in [9.17, 15) is 0 Å². The van der Waals surface area contributed by atoms with Crippen LogP contribution in [-0.4, -0.2) is 10.2 Å². The number of hydrogen-bond donors (Lipinski definition) is 0. The lowest BCUT2D eigenvalue weighted by Crippen LogP contribution is -1.86. The molecule has 1 radical (unpaired) electrons. The number of aryl methyl sites for hydroxylation is 1. The molecule has 16 heavy (non-hydrogen) atoms. The van der Waals surface area contributed by atoms with E-state index < -0.39 is 0 Å². The van der Waals surface area contributed by atoms with Crippen molar-refractivity contribution in [3.8, 4) is 0 Å². The van der Waals surface area contributed by atoms with Crippen LogP contribution in [0.5, 0.6) is 0 Å². The predicted octanol–water partition coefficient (Wildman–Crippen LogP) is 3.01. The highest BCUT2D eigenvalue weighted by Crippen LogP contribution is 2.12. The van der Waals surface area contributed by atoms with Crippen molar-refractivity contribution in [2.45, 2.75) is 13.3 Å². The third kappa shape index (κ3) is 2.54. The molecule has 79 valence electrons. The quantitative estimate of drug-likeness (QED) is 0.776. The van der Waals surface area contributed by atoms with Gasteiger partial charge < -0.3 is 0 Å². The minimum absolute atomic E-state index is 0.873. The molecule has 2 heteroatoms. The topological polar surface area (TPSA) is 25.8 Å². The SMILES string of the molecule is CCc1c[c]ccc1C=Cc1cccnn1. The van der Waals surface area contributed by atoms with Gasteiger partial charge in [-0.2, -0.15) is 10.2 Å². The smallest absolute Gasteiger partial charge is 0.0857 e. The van der Waals surface area contributed by atoms with Gasteiger partial charge in [-0.05, 0) is 41.8 Å². The van der Waals surface area contributed by atoms with Gasteiger partial charge in [-0.3, -0.25) is 0 Å². The fraction of sp³-hybridized carbons (Fsp3) is 0.143. The summed E-state index contributed by atoms with van der Waals surface area (Å²) >= 11 is 0. The van der Waals surface area contributed by atoms with E-state index in [0.29, 0.717) is 0 Å². The molecule has 0 aliphatic heterocycles. The Labute approximate surface area is 95.7 Å². The van der Waals surface area contributed by atoms with Crippen molar-refractivity contribution in [2.75, 3.05) is 0 Å². The fourth-order valence-corrected chi connectivity index (χ4v) is 1.52. The summed E-state index contributed by atoms with van der Waals surface area (Å²) in [5, 5.41) is 7.84. The molecule has 2 rings (SSSR count). The minimum atomic E-state index is 0.873. The van der Waals surface area contributed by atoms with Gasteiger partial charge in [0.1, 0.15) is 0 Å². The Bertz CT molecular complexity index is 475. The van der Waals surface area contributed by atoms with Crippen molar-refractivity contribution in [3.05, 3.63) is 59.4 Å². The summed E-state index contributed by atoms with van der Waals surface area (Å²) < 4.78 is 0. The normalized spacial score (nSPS) is 10.8. The molecule has 0 saturated carbocycles. The Morgan fingerprint density at radius 1 is 1.31 bits per heavy atom. The highest BCUT2D eigenvalue weighted by Gasteiger charge is 1.95. The lowest BCUT2D eigenvalue weighted by atomic mass is 10.0. The number of hydrogen-bond acceptors (Lipinski definition) is 2. The maximum atomic E-state index is 4.00. The second kappa shape index (κ2) is 5.21. The van der Waals surface area contributed by atoms with Crippen molar-refractivity contribution >= 4 is 12.2 Å². The molecule has 1 aromatic heterocycles. The maximum Gasteiger partial charge on any atom is 0.0857 e. The first-order valence-electron chi connectivity index (χ1n) is 5.35. The van der Waals surface area contributed by atoms with Gasteiger partial charge in [0.05, 0.1) is 5.69 Å². The van der Waals surface area contributed by atoms with Gasteiger partial charge in [0, 0.05) is 6.20 Å². The van der Waals surface area contributed by atoms with Gasteiger partial charge in [0.25, 0.3) is 0 Å². The standard InChI is InChI=1S/C14H13N2/c1-2-12-6-3-4-7-13(12)9-10-14-8-5-11-15-16-14/h4-11H,2H2,1H3. The summed E-state index contributed by atoms with van der Waals surface area (Å²) in [7, 11) is 0. The van der Waals surface area contributed by atoms with Crippen molar-refractivity contribution < 1.29 is 0 Å². The number of nitrogens with zero attached hydrogens (tertiary/aromatic N) is 2. The molecule has 0 amide bonds. The summed E-state index contributed by atoms with van der Waals surface area (Å²) in [4.78, 5) is 0. The Morgan fingerprint density at radius 3 is 3.00 bits per heavy atom. The van der Waals surface area contributed by atoms with E-state index in [1.54, 1.807) is 6.20 Å². The van der Waals surface area contributed by atoms with Crippen LogP contribution >= 0.6 is 0 Å². The Kier molecular flexibility index (Phi) is 3.44. The summed E-state index contributed by atoms with van der Waals surface area (Å²) in [5.41, 5.74) is 3.38. The molecule has 0 aliphatic rings. The van der Waals surface area contributed by atoms with Crippen LogP contribution < -0.4 is 0 Å². The van der Waals surface area contributed by atoms with Gasteiger partial charge in [0.15, 0.2) is 0 Å². The van der Waals surface area contributed by atoms with E-state index >= 15 is 0 Å². The first-order chi connectivity index (χ1) is 7.90. The molecule has 0 aliphatic carbocycles. The van der Waals surface area contributed by atoms with E-state index in [1.807, 2.05) is 30.3 Å². The zero-order valence-electron chi connectivity index (χ0n) is 9.22. The van der Waals surface area contributed by atoms with E-state index in [0.717, 1.165) is 12.1 Å². The summed E-state index contributed by atoms with van der Waals surface area (Å²) in [5.74, 6) is 0. The third-order valence-corrected chi connectivity index (χ3v) is 2.39. The monoisotopic (exact) mass is 209 g/mol. The average molecular weight is 209 g/mol. The molecule has 2 nitrogen and oxygen atoms in total. The maximum absolute atomic E-state index is 4.00. The summed E-state index contributed by atoms with van der Waals surface area (Å²) in [6.45, 7) is 2.14. The second-order valence-electron chi connectivity index (χ2n) is 3.46. The number of benzene rings is 1. The number of aromatic nitrogens is 2. The summed E-state index contributed by atoms with van der Waals surface area (Å²) in [6, 6.07) is 12.9. The van der Waals surface area contributed by atoms with Gasteiger partial charge in [-0.25, -0.2) is 0 Å². The Balaban J connectivity index is 2.24. The molecule has 1 aromatic carbocycles. The summed E-state index contributed by atoms with van der Waals surface area (Å²) in [6.07, 6.45) is 6.72. The van der Waals surface area contributed by atoms with Crippen LogP contribution in [0.25, 0.3) is 12.2 Å². The Hall–Kier alpha value is -1.96. The van der Waals surface area contributed by atoms with Crippen molar-refractivity contribution in [1.82, 2.24) is 10.2 Å². The first kappa shape index (κ1) is 10.6. The molecule has 0 atom stereocenters. The van der Waals surface area contributed by atoms with E-state index in [1.165, 1.54) is 11.1 Å².